The summed E-state index contributed by atoms with van der Waals surface area (Å²) in [7, 11) is 0. The highest BCUT2D eigenvalue weighted by atomic mass is 16.5. The number of nitrogens with zero attached hydrogens (tertiary/aromatic N) is 2. The van der Waals surface area contributed by atoms with Crippen molar-refractivity contribution >= 4 is 11.9 Å². The Hall–Kier alpha value is -4.82. The van der Waals surface area contributed by atoms with E-state index in [1.807, 2.05) is 0 Å². The highest BCUT2D eigenvalue weighted by molar-refractivity contribution is 5.92. The molecule has 3 rings (SSSR count). The monoisotopic (exact) mass is 442 g/mol. The van der Waals surface area contributed by atoms with E-state index in [9.17, 15) is 9.59 Å². The molecule has 3 aromatic rings. The minimum absolute atomic E-state index is 0.286. The van der Waals surface area contributed by atoms with E-state index in [0.29, 0.717) is 39.7 Å². The lowest BCUT2D eigenvalue weighted by molar-refractivity contribution is 0.0716. The van der Waals surface area contributed by atoms with Crippen LogP contribution < -0.4 is 18.9 Å². The Labute approximate surface area is 190 Å². The van der Waals surface area contributed by atoms with Gasteiger partial charge in [0.25, 0.3) is 12.5 Å². The van der Waals surface area contributed by atoms with Crippen LogP contribution in [0.2, 0.25) is 0 Å². The first kappa shape index (κ1) is 22.9. The van der Waals surface area contributed by atoms with Crippen molar-refractivity contribution < 1.29 is 28.5 Å². The molecule has 0 aliphatic rings. The molecule has 33 heavy (non-hydrogen) atoms. The van der Waals surface area contributed by atoms with Crippen molar-refractivity contribution in [3.05, 3.63) is 82.4 Å². The van der Waals surface area contributed by atoms with Gasteiger partial charge in [-0.25, -0.2) is 9.59 Å². The Balaban J connectivity index is 1.78. The van der Waals surface area contributed by atoms with Crippen LogP contribution in [0.1, 0.15) is 37.4 Å². The average Bonchev–Trinajstić information content (AvgIpc) is 2.81. The van der Waals surface area contributed by atoms with Gasteiger partial charge in [-0.05, 0) is 92.1 Å². The fraction of sp³-hybridized carbons (Fsp3) is 0.120. The fourth-order valence-electron chi connectivity index (χ4n) is 3.02. The van der Waals surface area contributed by atoms with Crippen LogP contribution in [-0.4, -0.2) is 11.9 Å². The zero-order chi connectivity index (χ0) is 24.0. The third-order valence-corrected chi connectivity index (χ3v) is 4.88. The van der Waals surface area contributed by atoms with E-state index < -0.39 is 11.9 Å². The van der Waals surface area contributed by atoms with E-state index in [1.165, 1.54) is 48.5 Å². The molecule has 0 saturated heterocycles. The summed E-state index contributed by atoms with van der Waals surface area (Å²) in [6.45, 7) is 5.26. The highest BCUT2D eigenvalue weighted by Gasteiger charge is 2.19. The lowest BCUT2D eigenvalue weighted by Gasteiger charge is -2.16. The van der Waals surface area contributed by atoms with Crippen molar-refractivity contribution in [3.63, 3.8) is 0 Å². The topological polar surface area (TPSA) is 119 Å². The number of esters is 2. The van der Waals surface area contributed by atoms with Gasteiger partial charge in [-0.15, -0.1) is 10.5 Å². The Bertz CT molecular complexity index is 1280. The first-order valence-corrected chi connectivity index (χ1v) is 9.71. The number of hydrogen-bond acceptors (Lipinski definition) is 8. The molecule has 0 radical (unpaired) electrons. The summed E-state index contributed by atoms with van der Waals surface area (Å²) in [4.78, 5) is 25.1. The summed E-state index contributed by atoms with van der Waals surface area (Å²) in [5.74, 6) is 0.183. The zero-order valence-electron chi connectivity index (χ0n) is 18.0. The quantitative estimate of drug-likeness (QED) is 0.304. The Morgan fingerprint density at radius 2 is 1.15 bits per heavy atom. The smallest absolute Gasteiger partial charge is 0.343 e. The average molecular weight is 442 g/mol. The molecule has 0 atom stereocenters. The maximum Gasteiger partial charge on any atom is 0.343 e. The van der Waals surface area contributed by atoms with Crippen LogP contribution in [0.25, 0.3) is 0 Å². The van der Waals surface area contributed by atoms with Gasteiger partial charge < -0.3 is 18.9 Å². The number of hydrogen-bond donors (Lipinski definition) is 0. The van der Waals surface area contributed by atoms with Crippen molar-refractivity contribution in [1.29, 1.82) is 10.5 Å². The van der Waals surface area contributed by atoms with Gasteiger partial charge in [0, 0.05) is 0 Å². The molecule has 0 saturated carbocycles. The number of aryl methyl sites for hydroxylation is 1. The molecule has 0 heterocycles. The molecule has 164 valence electrons. The van der Waals surface area contributed by atoms with Crippen molar-refractivity contribution in [1.82, 2.24) is 0 Å². The third kappa shape index (κ3) is 5.27. The van der Waals surface area contributed by atoms with Gasteiger partial charge in [-0.2, -0.15) is 0 Å². The zero-order valence-corrected chi connectivity index (χ0v) is 18.0. The van der Waals surface area contributed by atoms with Crippen LogP contribution >= 0.6 is 0 Å². The molecule has 8 nitrogen and oxygen atoms in total. The minimum Gasteiger partial charge on any atom is -0.423 e. The van der Waals surface area contributed by atoms with Crippen molar-refractivity contribution in [2.45, 2.75) is 20.8 Å². The van der Waals surface area contributed by atoms with Crippen LogP contribution in [-0.2, 0) is 0 Å². The molecule has 0 N–H and O–H groups in total. The van der Waals surface area contributed by atoms with Gasteiger partial charge in [0.1, 0.15) is 23.0 Å². The lowest BCUT2D eigenvalue weighted by Crippen LogP contribution is -2.13. The number of benzene rings is 3. The van der Waals surface area contributed by atoms with Crippen molar-refractivity contribution in [3.8, 4) is 35.5 Å². The van der Waals surface area contributed by atoms with Gasteiger partial charge in [-0.1, -0.05) is 0 Å². The van der Waals surface area contributed by atoms with Gasteiger partial charge in [0.2, 0.25) is 0 Å². The molecule has 0 unspecified atom stereocenters. The molecule has 3 aromatic carbocycles. The third-order valence-electron chi connectivity index (χ3n) is 4.88. The number of carbonyl (C=O) groups excluding carboxylic acids is 2. The van der Waals surface area contributed by atoms with Crippen LogP contribution in [0.15, 0.2) is 54.6 Å². The Morgan fingerprint density at radius 1 is 0.697 bits per heavy atom. The van der Waals surface area contributed by atoms with E-state index in [1.54, 1.807) is 39.3 Å². The predicted molar refractivity (Wildman–Crippen MR) is 116 cm³/mol. The van der Waals surface area contributed by atoms with Crippen LogP contribution in [0.5, 0.6) is 23.0 Å². The fourth-order valence-corrected chi connectivity index (χ4v) is 3.02. The Morgan fingerprint density at radius 3 is 1.61 bits per heavy atom. The van der Waals surface area contributed by atoms with Gasteiger partial charge in [0.05, 0.1) is 11.1 Å². The summed E-state index contributed by atoms with van der Waals surface area (Å²) < 4.78 is 20.5. The maximum absolute atomic E-state index is 12.6. The second kappa shape index (κ2) is 9.99. The summed E-state index contributed by atoms with van der Waals surface area (Å²) in [5.41, 5.74) is 2.47. The number of carbonyl (C=O) groups is 2. The second-order valence-corrected chi connectivity index (χ2v) is 6.99. The maximum atomic E-state index is 12.6. The largest absolute Gasteiger partial charge is 0.423 e. The number of rotatable bonds is 6. The molecule has 0 spiro atoms. The molecular weight excluding hydrogens is 424 g/mol. The summed E-state index contributed by atoms with van der Waals surface area (Å²) >= 11 is 0. The Kier molecular flexibility index (Phi) is 6.92. The van der Waals surface area contributed by atoms with E-state index in [4.69, 9.17) is 29.5 Å². The molecule has 0 bridgehead atoms. The lowest BCUT2D eigenvalue weighted by atomic mass is 10.0. The van der Waals surface area contributed by atoms with Gasteiger partial charge >= 0.3 is 11.9 Å². The summed E-state index contributed by atoms with van der Waals surface area (Å²) in [5, 5.41) is 17.1. The molecule has 0 amide bonds. The van der Waals surface area contributed by atoms with Gasteiger partial charge in [-0.3, -0.25) is 0 Å². The second-order valence-electron chi connectivity index (χ2n) is 6.99. The predicted octanol–water partition coefficient (Wildman–Crippen LogP) is 4.77. The standard InChI is InChI=1S/C25H18N2O6/c1-15-12-22(32-24(28)18-4-8-20(9-5-18)30-13-26)16(2)17(3)23(15)33-25(29)19-6-10-21(11-7-19)31-14-27/h4-12H,1-3H3. The number of ether oxygens (including phenoxy) is 4. The van der Waals surface area contributed by atoms with Gasteiger partial charge in [0.15, 0.2) is 0 Å². The molecule has 8 heteroatoms. The summed E-state index contributed by atoms with van der Waals surface area (Å²) in [6, 6.07) is 13.6. The van der Waals surface area contributed by atoms with E-state index in [2.05, 4.69) is 0 Å². The van der Waals surface area contributed by atoms with Crippen LogP contribution in [0.3, 0.4) is 0 Å². The highest BCUT2D eigenvalue weighted by Crippen LogP contribution is 2.34. The van der Waals surface area contributed by atoms with Crippen LogP contribution in [0, 0.1) is 43.8 Å². The number of nitriles is 2. The first-order chi connectivity index (χ1) is 15.8. The summed E-state index contributed by atoms with van der Waals surface area (Å²) in [6.07, 6.45) is 3.12. The molecule has 0 aromatic heterocycles. The normalized spacial score (nSPS) is 9.85. The molecule has 0 aliphatic carbocycles. The van der Waals surface area contributed by atoms with E-state index in [0.717, 1.165) is 0 Å². The van der Waals surface area contributed by atoms with Crippen molar-refractivity contribution in [2.24, 2.45) is 0 Å². The minimum atomic E-state index is -0.579. The van der Waals surface area contributed by atoms with E-state index in [-0.39, 0.29) is 11.1 Å². The van der Waals surface area contributed by atoms with Crippen molar-refractivity contribution in [2.75, 3.05) is 0 Å². The molecule has 0 fully saturated rings. The molecular formula is C25H18N2O6. The first-order valence-electron chi connectivity index (χ1n) is 9.71. The SMILES string of the molecule is Cc1cc(OC(=O)c2ccc(OC#N)cc2)c(C)c(C)c1OC(=O)c1ccc(OC#N)cc1. The van der Waals surface area contributed by atoms with E-state index >= 15 is 0 Å². The molecule has 0 aliphatic heterocycles. The van der Waals surface area contributed by atoms with Crippen LogP contribution in [0.4, 0.5) is 0 Å².